The SMILES string of the molecule is CCOC(=O)/C(C#N)=C/c1[nH]c(C)c(C(=O)OCC)c1OC. The van der Waals surface area contributed by atoms with Crippen molar-refractivity contribution in [2.45, 2.75) is 20.8 Å². The zero-order valence-electron chi connectivity index (χ0n) is 13.0. The molecule has 118 valence electrons. The van der Waals surface area contributed by atoms with E-state index in [4.69, 9.17) is 19.5 Å². The summed E-state index contributed by atoms with van der Waals surface area (Å²) in [6, 6.07) is 1.76. The normalized spacial score (nSPS) is 10.8. The molecular formula is C15H18N2O5. The molecule has 0 atom stereocenters. The number of carbonyl (C=O) groups excluding carboxylic acids is 2. The van der Waals surface area contributed by atoms with Crippen LogP contribution in [0.4, 0.5) is 0 Å². The maximum atomic E-state index is 12.0. The highest BCUT2D eigenvalue weighted by Gasteiger charge is 2.23. The number of rotatable bonds is 6. The standard InChI is InChI=1S/C15H18N2O5/c1-5-21-14(18)10(8-16)7-11-13(20-4)12(9(3)17-11)15(19)22-6-2/h7,17H,5-6H2,1-4H3/b10-7+. The Kier molecular flexibility index (Phi) is 6.20. The summed E-state index contributed by atoms with van der Waals surface area (Å²) in [5.41, 5.74) is 0.879. The number of carbonyl (C=O) groups is 2. The number of aromatic nitrogens is 1. The van der Waals surface area contributed by atoms with Crippen molar-refractivity contribution in [1.82, 2.24) is 4.98 Å². The van der Waals surface area contributed by atoms with Crippen LogP contribution in [0.25, 0.3) is 6.08 Å². The molecule has 1 aromatic heterocycles. The van der Waals surface area contributed by atoms with Gasteiger partial charge in [0, 0.05) is 5.69 Å². The fourth-order valence-corrected chi connectivity index (χ4v) is 1.88. The lowest BCUT2D eigenvalue weighted by Gasteiger charge is -2.05. The molecule has 0 aliphatic heterocycles. The molecule has 0 spiro atoms. The number of nitriles is 1. The topological polar surface area (TPSA) is 101 Å². The minimum atomic E-state index is -0.739. The molecule has 1 heterocycles. The van der Waals surface area contributed by atoms with Gasteiger partial charge < -0.3 is 19.2 Å². The van der Waals surface area contributed by atoms with E-state index < -0.39 is 11.9 Å². The Morgan fingerprint density at radius 3 is 2.41 bits per heavy atom. The van der Waals surface area contributed by atoms with Crippen LogP contribution < -0.4 is 4.74 Å². The minimum Gasteiger partial charge on any atom is -0.494 e. The van der Waals surface area contributed by atoms with Crippen LogP contribution in [0.1, 0.15) is 35.6 Å². The fourth-order valence-electron chi connectivity index (χ4n) is 1.88. The van der Waals surface area contributed by atoms with Gasteiger partial charge in [0.1, 0.15) is 17.2 Å². The van der Waals surface area contributed by atoms with E-state index in [9.17, 15) is 9.59 Å². The molecule has 0 aromatic carbocycles. The lowest BCUT2D eigenvalue weighted by Crippen LogP contribution is -2.07. The fraction of sp³-hybridized carbons (Fsp3) is 0.400. The molecule has 0 radical (unpaired) electrons. The first-order valence-corrected chi connectivity index (χ1v) is 6.72. The first-order valence-electron chi connectivity index (χ1n) is 6.72. The molecule has 1 aromatic rings. The van der Waals surface area contributed by atoms with E-state index in [2.05, 4.69) is 4.98 Å². The van der Waals surface area contributed by atoms with Gasteiger partial charge in [-0.3, -0.25) is 0 Å². The van der Waals surface area contributed by atoms with Crippen LogP contribution in [-0.2, 0) is 14.3 Å². The highest BCUT2D eigenvalue weighted by Crippen LogP contribution is 2.29. The molecule has 0 saturated heterocycles. The van der Waals surface area contributed by atoms with Gasteiger partial charge in [-0.2, -0.15) is 5.26 Å². The molecular weight excluding hydrogens is 288 g/mol. The number of ether oxygens (including phenoxy) is 3. The molecule has 0 aliphatic carbocycles. The predicted octanol–water partition coefficient (Wildman–Crippen LogP) is 1.98. The van der Waals surface area contributed by atoms with Crippen LogP contribution in [0.2, 0.25) is 0 Å². The average molecular weight is 306 g/mol. The summed E-state index contributed by atoms with van der Waals surface area (Å²) in [7, 11) is 1.39. The molecule has 0 bridgehead atoms. The van der Waals surface area contributed by atoms with E-state index in [1.54, 1.807) is 26.8 Å². The Morgan fingerprint density at radius 2 is 1.91 bits per heavy atom. The first kappa shape index (κ1) is 17.3. The van der Waals surface area contributed by atoms with Crippen LogP contribution in [0.3, 0.4) is 0 Å². The van der Waals surface area contributed by atoms with Crippen molar-refractivity contribution >= 4 is 18.0 Å². The maximum Gasteiger partial charge on any atom is 0.348 e. The van der Waals surface area contributed by atoms with Crippen LogP contribution in [0.15, 0.2) is 5.57 Å². The number of H-pyrrole nitrogens is 1. The Labute approximate surface area is 128 Å². The number of hydrogen-bond acceptors (Lipinski definition) is 6. The average Bonchev–Trinajstić information content (AvgIpc) is 2.80. The molecule has 22 heavy (non-hydrogen) atoms. The summed E-state index contributed by atoms with van der Waals surface area (Å²) in [4.78, 5) is 26.5. The summed E-state index contributed by atoms with van der Waals surface area (Å²) in [6.07, 6.45) is 1.28. The van der Waals surface area contributed by atoms with Crippen molar-refractivity contribution in [3.8, 4) is 11.8 Å². The third-order valence-corrected chi connectivity index (χ3v) is 2.76. The maximum absolute atomic E-state index is 12.0. The molecule has 0 aliphatic rings. The number of methoxy groups -OCH3 is 1. The van der Waals surface area contributed by atoms with Crippen molar-refractivity contribution in [3.05, 3.63) is 22.5 Å². The summed E-state index contributed by atoms with van der Waals surface area (Å²) in [5, 5.41) is 9.05. The van der Waals surface area contributed by atoms with Crippen molar-refractivity contribution in [1.29, 1.82) is 5.26 Å². The molecule has 1 rings (SSSR count). The monoisotopic (exact) mass is 306 g/mol. The van der Waals surface area contributed by atoms with Crippen LogP contribution in [0.5, 0.6) is 5.75 Å². The van der Waals surface area contributed by atoms with E-state index in [0.29, 0.717) is 11.4 Å². The Hall–Kier alpha value is -2.75. The van der Waals surface area contributed by atoms with Crippen molar-refractivity contribution in [2.24, 2.45) is 0 Å². The van der Waals surface area contributed by atoms with Crippen LogP contribution in [-0.4, -0.2) is 37.2 Å². The molecule has 0 saturated carbocycles. The third kappa shape index (κ3) is 3.67. The summed E-state index contributed by atoms with van der Waals surface area (Å²) >= 11 is 0. The lowest BCUT2D eigenvalue weighted by atomic mass is 10.2. The number of nitrogens with zero attached hydrogens (tertiary/aromatic N) is 1. The Balaban J connectivity index is 3.32. The van der Waals surface area contributed by atoms with E-state index in [1.807, 2.05) is 0 Å². The Morgan fingerprint density at radius 1 is 1.27 bits per heavy atom. The zero-order chi connectivity index (χ0) is 16.7. The highest BCUT2D eigenvalue weighted by molar-refractivity contribution is 6.00. The highest BCUT2D eigenvalue weighted by atomic mass is 16.5. The lowest BCUT2D eigenvalue weighted by molar-refractivity contribution is -0.137. The second-order valence-corrected chi connectivity index (χ2v) is 4.18. The molecule has 0 fully saturated rings. The number of hydrogen-bond donors (Lipinski definition) is 1. The van der Waals surface area contributed by atoms with Crippen molar-refractivity contribution in [2.75, 3.05) is 20.3 Å². The quantitative estimate of drug-likeness (QED) is 0.490. The van der Waals surface area contributed by atoms with E-state index in [-0.39, 0.29) is 30.1 Å². The Bertz CT molecular complexity index is 637. The molecule has 0 unspecified atom stereocenters. The zero-order valence-corrected chi connectivity index (χ0v) is 13.0. The van der Waals surface area contributed by atoms with Gasteiger partial charge in [-0.15, -0.1) is 0 Å². The molecule has 7 heteroatoms. The number of nitrogens with one attached hydrogen (secondary N) is 1. The van der Waals surface area contributed by atoms with Gasteiger partial charge in [-0.05, 0) is 26.8 Å². The second-order valence-electron chi connectivity index (χ2n) is 4.18. The number of aromatic amines is 1. The number of aryl methyl sites for hydroxylation is 1. The van der Waals surface area contributed by atoms with E-state index in [0.717, 1.165) is 0 Å². The summed E-state index contributed by atoms with van der Waals surface area (Å²) in [5.74, 6) is -1.06. The van der Waals surface area contributed by atoms with E-state index in [1.165, 1.54) is 13.2 Å². The van der Waals surface area contributed by atoms with Crippen molar-refractivity contribution < 1.29 is 23.8 Å². The largest absolute Gasteiger partial charge is 0.494 e. The van der Waals surface area contributed by atoms with Gasteiger partial charge in [0.05, 0.1) is 26.0 Å². The molecule has 0 amide bonds. The minimum absolute atomic E-state index is 0.160. The van der Waals surface area contributed by atoms with Crippen LogP contribution in [0, 0.1) is 18.3 Å². The van der Waals surface area contributed by atoms with Gasteiger partial charge in [0.25, 0.3) is 0 Å². The second kappa shape index (κ2) is 7.88. The van der Waals surface area contributed by atoms with Gasteiger partial charge in [-0.1, -0.05) is 0 Å². The summed E-state index contributed by atoms with van der Waals surface area (Å²) in [6.45, 7) is 5.40. The molecule has 7 nitrogen and oxygen atoms in total. The predicted molar refractivity (Wildman–Crippen MR) is 78.3 cm³/mol. The first-order chi connectivity index (χ1) is 10.5. The summed E-state index contributed by atoms with van der Waals surface area (Å²) < 4.78 is 15.0. The van der Waals surface area contributed by atoms with Gasteiger partial charge in [0.2, 0.25) is 0 Å². The van der Waals surface area contributed by atoms with Gasteiger partial charge in [-0.25, -0.2) is 9.59 Å². The van der Waals surface area contributed by atoms with Gasteiger partial charge >= 0.3 is 11.9 Å². The third-order valence-electron chi connectivity index (χ3n) is 2.76. The van der Waals surface area contributed by atoms with Gasteiger partial charge in [0.15, 0.2) is 5.75 Å². The van der Waals surface area contributed by atoms with E-state index >= 15 is 0 Å². The number of esters is 2. The van der Waals surface area contributed by atoms with Crippen LogP contribution >= 0.6 is 0 Å². The molecule has 1 N–H and O–H groups in total. The smallest absolute Gasteiger partial charge is 0.348 e. The van der Waals surface area contributed by atoms with Crippen molar-refractivity contribution in [3.63, 3.8) is 0 Å².